The minimum Gasteiger partial charge on any atom is -0.329 e. The van der Waals surface area contributed by atoms with Crippen molar-refractivity contribution in [3.8, 4) is 5.69 Å². The second-order valence-electron chi connectivity index (χ2n) is 4.27. The highest BCUT2D eigenvalue weighted by Crippen LogP contribution is 2.17. The summed E-state index contributed by atoms with van der Waals surface area (Å²) in [5.74, 6) is 0. The van der Waals surface area contributed by atoms with Crippen molar-refractivity contribution in [1.29, 1.82) is 0 Å². The molecule has 1 heterocycles. The van der Waals surface area contributed by atoms with Crippen LogP contribution in [0.25, 0.3) is 5.69 Å². The van der Waals surface area contributed by atoms with E-state index in [-0.39, 0.29) is 6.04 Å². The van der Waals surface area contributed by atoms with Gasteiger partial charge in [0, 0.05) is 24.3 Å². The van der Waals surface area contributed by atoms with Crippen molar-refractivity contribution < 1.29 is 0 Å². The molecular formula is C13H18N4. The molecule has 0 saturated carbocycles. The Labute approximate surface area is 102 Å². The number of rotatable bonds is 4. The Kier molecular flexibility index (Phi) is 3.56. The largest absolute Gasteiger partial charge is 0.329 e. The molecule has 1 aromatic heterocycles. The third-order valence-corrected chi connectivity index (χ3v) is 2.85. The zero-order valence-electron chi connectivity index (χ0n) is 10.2. The highest BCUT2D eigenvalue weighted by molar-refractivity contribution is 5.31. The molecule has 0 saturated heterocycles. The van der Waals surface area contributed by atoms with Crippen LogP contribution in [-0.2, 0) is 0 Å². The van der Waals surface area contributed by atoms with Crippen molar-refractivity contribution in [3.63, 3.8) is 0 Å². The molecule has 17 heavy (non-hydrogen) atoms. The lowest BCUT2D eigenvalue weighted by Crippen LogP contribution is -2.26. The van der Waals surface area contributed by atoms with Crippen LogP contribution in [0.5, 0.6) is 0 Å². The summed E-state index contributed by atoms with van der Waals surface area (Å²) in [6.07, 6.45) is 3.91. The number of hydrogen-bond donors (Lipinski definition) is 1. The van der Waals surface area contributed by atoms with E-state index in [0.29, 0.717) is 6.54 Å². The van der Waals surface area contributed by atoms with Gasteiger partial charge in [-0.1, -0.05) is 18.2 Å². The van der Waals surface area contributed by atoms with Crippen molar-refractivity contribution in [2.24, 2.45) is 5.73 Å². The zero-order valence-corrected chi connectivity index (χ0v) is 10.2. The highest BCUT2D eigenvalue weighted by atomic mass is 15.3. The Morgan fingerprint density at radius 3 is 2.59 bits per heavy atom. The summed E-state index contributed by atoms with van der Waals surface area (Å²) < 4.78 is 1.88. The van der Waals surface area contributed by atoms with Gasteiger partial charge in [0.25, 0.3) is 0 Å². The van der Waals surface area contributed by atoms with Crippen LogP contribution >= 0.6 is 0 Å². The second-order valence-corrected chi connectivity index (χ2v) is 4.27. The maximum atomic E-state index is 5.77. The van der Waals surface area contributed by atoms with E-state index in [1.807, 2.05) is 61.5 Å². The predicted octanol–water partition coefficient (Wildman–Crippen LogP) is 1.43. The summed E-state index contributed by atoms with van der Waals surface area (Å²) >= 11 is 0. The fraction of sp³-hybridized carbons (Fsp3) is 0.308. The average molecular weight is 230 g/mol. The molecule has 0 aliphatic heterocycles. The predicted molar refractivity (Wildman–Crippen MR) is 69.0 cm³/mol. The summed E-state index contributed by atoms with van der Waals surface area (Å²) in [6, 6.07) is 10.3. The van der Waals surface area contributed by atoms with Gasteiger partial charge < -0.3 is 10.6 Å². The quantitative estimate of drug-likeness (QED) is 0.864. The molecule has 1 atom stereocenters. The normalized spacial score (nSPS) is 12.9. The number of para-hydroxylation sites is 1. The molecule has 0 aliphatic carbocycles. The highest BCUT2D eigenvalue weighted by Gasteiger charge is 2.14. The van der Waals surface area contributed by atoms with E-state index < -0.39 is 0 Å². The molecule has 0 bridgehead atoms. The van der Waals surface area contributed by atoms with E-state index in [1.54, 1.807) is 0 Å². The first-order valence-corrected chi connectivity index (χ1v) is 5.69. The number of nitrogens with zero attached hydrogens (tertiary/aromatic N) is 3. The van der Waals surface area contributed by atoms with Gasteiger partial charge in [0.2, 0.25) is 0 Å². The Morgan fingerprint density at radius 2 is 2.00 bits per heavy atom. The van der Waals surface area contributed by atoms with Crippen LogP contribution in [0.15, 0.2) is 42.7 Å². The first-order valence-electron chi connectivity index (χ1n) is 5.69. The van der Waals surface area contributed by atoms with Gasteiger partial charge in [0.1, 0.15) is 0 Å². The minimum absolute atomic E-state index is 0.215. The fourth-order valence-corrected chi connectivity index (χ4v) is 1.88. The molecule has 2 N–H and O–H groups in total. The van der Waals surface area contributed by atoms with Gasteiger partial charge in [-0.05, 0) is 26.2 Å². The Balaban J connectivity index is 2.27. The van der Waals surface area contributed by atoms with Crippen molar-refractivity contribution >= 4 is 0 Å². The SMILES string of the molecule is CN(C)C(CN)c1cnn(-c2ccccc2)c1. The Bertz CT molecular complexity index is 461. The van der Waals surface area contributed by atoms with Gasteiger partial charge in [-0.15, -0.1) is 0 Å². The molecule has 0 amide bonds. The Morgan fingerprint density at radius 1 is 1.29 bits per heavy atom. The maximum Gasteiger partial charge on any atom is 0.0645 e. The molecule has 2 rings (SSSR count). The summed E-state index contributed by atoms with van der Waals surface area (Å²) in [5, 5.41) is 4.37. The lowest BCUT2D eigenvalue weighted by atomic mass is 10.1. The standard InChI is InChI=1S/C13H18N4/c1-16(2)13(8-14)11-9-15-17(10-11)12-6-4-3-5-7-12/h3-7,9-10,13H,8,14H2,1-2H3. The molecule has 0 spiro atoms. The summed E-state index contributed by atoms with van der Waals surface area (Å²) in [4.78, 5) is 2.10. The van der Waals surface area contributed by atoms with Gasteiger partial charge >= 0.3 is 0 Å². The van der Waals surface area contributed by atoms with Crippen LogP contribution in [0.1, 0.15) is 11.6 Å². The van der Waals surface area contributed by atoms with E-state index in [0.717, 1.165) is 11.3 Å². The van der Waals surface area contributed by atoms with Crippen LogP contribution in [0, 0.1) is 0 Å². The van der Waals surface area contributed by atoms with Crippen LogP contribution in [0.2, 0.25) is 0 Å². The van der Waals surface area contributed by atoms with Crippen molar-refractivity contribution in [3.05, 3.63) is 48.3 Å². The minimum atomic E-state index is 0.215. The molecule has 0 fully saturated rings. The van der Waals surface area contributed by atoms with Gasteiger partial charge in [-0.25, -0.2) is 4.68 Å². The first kappa shape index (κ1) is 11.8. The van der Waals surface area contributed by atoms with E-state index in [2.05, 4.69) is 10.00 Å². The third-order valence-electron chi connectivity index (χ3n) is 2.85. The molecule has 0 aliphatic rings. The number of hydrogen-bond acceptors (Lipinski definition) is 3. The topological polar surface area (TPSA) is 47.1 Å². The maximum absolute atomic E-state index is 5.77. The average Bonchev–Trinajstić information content (AvgIpc) is 2.80. The summed E-state index contributed by atoms with van der Waals surface area (Å²) in [5.41, 5.74) is 7.98. The van der Waals surface area contributed by atoms with Gasteiger partial charge in [-0.2, -0.15) is 5.10 Å². The smallest absolute Gasteiger partial charge is 0.0645 e. The van der Waals surface area contributed by atoms with Crippen molar-refractivity contribution in [1.82, 2.24) is 14.7 Å². The van der Waals surface area contributed by atoms with Gasteiger partial charge in [0.05, 0.1) is 11.9 Å². The third kappa shape index (κ3) is 2.54. The summed E-state index contributed by atoms with van der Waals surface area (Å²) in [6.45, 7) is 0.591. The van der Waals surface area contributed by atoms with E-state index >= 15 is 0 Å². The monoisotopic (exact) mass is 230 g/mol. The lowest BCUT2D eigenvalue weighted by molar-refractivity contribution is 0.306. The van der Waals surface area contributed by atoms with Crippen LogP contribution in [-0.4, -0.2) is 35.3 Å². The molecule has 1 unspecified atom stereocenters. The van der Waals surface area contributed by atoms with E-state index in [1.165, 1.54) is 0 Å². The molecule has 90 valence electrons. The molecule has 1 aromatic carbocycles. The van der Waals surface area contributed by atoms with Crippen molar-refractivity contribution in [2.75, 3.05) is 20.6 Å². The fourth-order valence-electron chi connectivity index (χ4n) is 1.88. The van der Waals surface area contributed by atoms with Gasteiger partial charge in [0.15, 0.2) is 0 Å². The lowest BCUT2D eigenvalue weighted by Gasteiger charge is -2.20. The molecule has 0 radical (unpaired) electrons. The number of likely N-dealkylation sites (N-methyl/N-ethyl adjacent to an activating group) is 1. The summed E-state index contributed by atoms with van der Waals surface area (Å²) in [7, 11) is 4.05. The molecular weight excluding hydrogens is 212 g/mol. The van der Waals surface area contributed by atoms with E-state index in [4.69, 9.17) is 5.73 Å². The molecule has 4 nitrogen and oxygen atoms in total. The first-order chi connectivity index (χ1) is 8.22. The number of aromatic nitrogens is 2. The molecule has 2 aromatic rings. The van der Waals surface area contributed by atoms with Crippen molar-refractivity contribution in [2.45, 2.75) is 6.04 Å². The molecule has 4 heteroatoms. The second kappa shape index (κ2) is 5.12. The van der Waals surface area contributed by atoms with Crippen LogP contribution < -0.4 is 5.73 Å². The van der Waals surface area contributed by atoms with E-state index in [9.17, 15) is 0 Å². The van der Waals surface area contributed by atoms with Gasteiger partial charge in [-0.3, -0.25) is 0 Å². The number of benzene rings is 1. The van der Waals surface area contributed by atoms with Crippen LogP contribution in [0.4, 0.5) is 0 Å². The Hall–Kier alpha value is -1.65. The number of nitrogens with two attached hydrogens (primary N) is 1. The van der Waals surface area contributed by atoms with Crippen LogP contribution in [0.3, 0.4) is 0 Å². The zero-order chi connectivity index (χ0) is 12.3.